The lowest BCUT2D eigenvalue weighted by atomic mass is 10.1. The number of nitrogens with one attached hydrogen (secondary N) is 1. The Morgan fingerprint density at radius 1 is 1.59 bits per heavy atom. The molecule has 1 aliphatic rings. The van der Waals surface area contributed by atoms with Gasteiger partial charge in [0.2, 0.25) is 0 Å². The largest absolute Gasteiger partial charge is 0.384 e. The molecule has 92 valence electrons. The molecule has 1 fully saturated rings. The summed E-state index contributed by atoms with van der Waals surface area (Å²) in [4.78, 5) is 1.94. The highest BCUT2D eigenvalue weighted by Gasteiger charge is 2.33. The minimum absolute atomic E-state index is 0.103. The Morgan fingerprint density at radius 3 is 2.71 bits per heavy atom. The van der Waals surface area contributed by atoms with Gasteiger partial charge in [0.1, 0.15) is 11.7 Å². The van der Waals surface area contributed by atoms with Gasteiger partial charge in [0.15, 0.2) is 0 Å². The predicted octanol–water partition coefficient (Wildman–Crippen LogP) is 2.20. The zero-order valence-electron chi connectivity index (χ0n) is 10.2. The second-order valence-electron chi connectivity index (χ2n) is 4.93. The zero-order chi connectivity index (χ0) is 12.6. The molecular formula is C13H18FN3. The van der Waals surface area contributed by atoms with Crippen LogP contribution >= 0.6 is 0 Å². The molecule has 0 aliphatic heterocycles. The second kappa shape index (κ2) is 4.35. The number of nitrogen functional groups attached to an aromatic ring is 1. The van der Waals surface area contributed by atoms with E-state index >= 15 is 0 Å². The Bertz CT molecular complexity index is 444. The van der Waals surface area contributed by atoms with Crippen LogP contribution < -0.4 is 10.6 Å². The lowest BCUT2D eigenvalue weighted by Gasteiger charge is -2.20. The molecule has 4 heteroatoms. The van der Waals surface area contributed by atoms with Crippen LogP contribution in [0.1, 0.15) is 18.9 Å². The summed E-state index contributed by atoms with van der Waals surface area (Å²) in [5.41, 5.74) is 6.33. The third kappa shape index (κ3) is 2.57. The maximum absolute atomic E-state index is 13.8. The monoisotopic (exact) mass is 235 g/mol. The summed E-state index contributed by atoms with van der Waals surface area (Å²) < 4.78 is 13.8. The minimum Gasteiger partial charge on any atom is -0.384 e. The number of rotatable bonds is 4. The van der Waals surface area contributed by atoms with Crippen molar-refractivity contribution in [3.8, 4) is 0 Å². The van der Waals surface area contributed by atoms with Gasteiger partial charge in [-0.15, -0.1) is 0 Å². The van der Waals surface area contributed by atoms with E-state index in [0.29, 0.717) is 17.2 Å². The van der Waals surface area contributed by atoms with Crippen molar-refractivity contribution in [3.63, 3.8) is 0 Å². The van der Waals surface area contributed by atoms with E-state index < -0.39 is 0 Å². The van der Waals surface area contributed by atoms with Gasteiger partial charge in [-0.1, -0.05) is 6.92 Å². The van der Waals surface area contributed by atoms with Gasteiger partial charge >= 0.3 is 0 Å². The third-order valence-electron chi connectivity index (χ3n) is 3.45. The Hall–Kier alpha value is -1.58. The van der Waals surface area contributed by atoms with Crippen LogP contribution in [0.3, 0.4) is 0 Å². The van der Waals surface area contributed by atoms with Crippen LogP contribution in [0, 0.1) is 23.1 Å². The number of benzene rings is 1. The minimum atomic E-state index is -0.312. The van der Waals surface area contributed by atoms with Crippen LogP contribution in [-0.4, -0.2) is 19.4 Å². The summed E-state index contributed by atoms with van der Waals surface area (Å²) >= 11 is 0. The zero-order valence-corrected chi connectivity index (χ0v) is 10.2. The molecule has 0 radical (unpaired) electrons. The summed E-state index contributed by atoms with van der Waals surface area (Å²) in [5.74, 6) is 1.03. The van der Waals surface area contributed by atoms with Crippen LogP contribution in [0.15, 0.2) is 18.2 Å². The summed E-state index contributed by atoms with van der Waals surface area (Å²) in [7, 11) is 1.90. The number of anilines is 1. The lowest BCUT2D eigenvalue weighted by Crippen LogP contribution is -2.22. The van der Waals surface area contributed by atoms with Gasteiger partial charge in [0, 0.05) is 19.2 Å². The fraction of sp³-hybridized carbons (Fsp3) is 0.462. The molecule has 0 bridgehead atoms. The molecule has 0 saturated heterocycles. The van der Waals surface area contributed by atoms with Crippen molar-refractivity contribution in [2.24, 2.45) is 17.6 Å². The number of hydrogen-bond acceptors (Lipinski definition) is 2. The molecule has 0 amide bonds. The second-order valence-corrected chi connectivity index (χ2v) is 4.93. The summed E-state index contributed by atoms with van der Waals surface area (Å²) in [6.45, 7) is 3.10. The van der Waals surface area contributed by atoms with Crippen molar-refractivity contribution in [2.45, 2.75) is 13.3 Å². The molecule has 3 N–H and O–H groups in total. The summed E-state index contributed by atoms with van der Waals surface area (Å²) in [6.07, 6.45) is 1.23. The number of halogens is 1. The highest BCUT2D eigenvalue weighted by molar-refractivity contribution is 5.95. The molecular weight excluding hydrogens is 217 g/mol. The van der Waals surface area contributed by atoms with Crippen molar-refractivity contribution >= 4 is 11.5 Å². The van der Waals surface area contributed by atoms with E-state index in [9.17, 15) is 4.39 Å². The number of nitrogens with zero attached hydrogens (tertiary/aromatic N) is 1. The van der Waals surface area contributed by atoms with Crippen molar-refractivity contribution in [1.29, 1.82) is 5.41 Å². The normalized spacial score (nSPS) is 22.3. The Labute approximate surface area is 101 Å². The van der Waals surface area contributed by atoms with E-state index in [0.717, 1.165) is 12.5 Å². The van der Waals surface area contributed by atoms with E-state index in [4.69, 9.17) is 11.1 Å². The highest BCUT2D eigenvalue weighted by atomic mass is 19.1. The average Bonchev–Trinajstić information content (AvgIpc) is 2.93. The van der Waals surface area contributed by atoms with Gasteiger partial charge in [-0.05, 0) is 36.5 Å². The van der Waals surface area contributed by atoms with Crippen molar-refractivity contribution < 1.29 is 4.39 Å². The van der Waals surface area contributed by atoms with Gasteiger partial charge in [0.25, 0.3) is 0 Å². The molecule has 2 rings (SSSR count). The van der Waals surface area contributed by atoms with Crippen molar-refractivity contribution in [2.75, 3.05) is 18.5 Å². The molecule has 2 atom stereocenters. The van der Waals surface area contributed by atoms with Crippen LogP contribution in [-0.2, 0) is 0 Å². The standard InChI is InChI=1S/C13H18FN3/c1-8-5-10(8)7-17(2)12-4-3-9(13(15)16)6-11(12)14/h3-4,6,8,10H,5,7H2,1-2H3,(H3,15,16). The first-order valence-electron chi connectivity index (χ1n) is 5.84. The highest BCUT2D eigenvalue weighted by Crippen LogP contribution is 2.38. The van der Waals surface area contributed by atoms with Crippen LogP contribution in [0.2, 0.25) is 0 Å². The topological polar surface area (TPSA) is 53.1 Å². The number of amidine groups is 1. The number of nitrogens with two attached hydrogens (primary N) is 1. The molecule has 0 spiro atoms. The van der Waals surface area contributed by atoms with Crippen molar-refractivity contribution in [3.05, 3.63) is 29.6 Å². The molecule has 1 aromatic carbocycles. The molecule has 17 heavy (non-hydrogen) atoms. The molecule has 0 aromatic heterocycles. The first-order valence-corrected chi connectivity index (χ1v) is 5.84. The fourth-order valence-electron chi connectivity index (χ4n) is 2.09. The van der Waals surface area contributed by atoms with E-state index in [2.05, 4.69) is 6.92 Å². The molecule has 3 nitrogen and oxygen atoms in total. The van der Waals surface area contributed by atoms with Gasteiger partial charge in [-0.2, -0.15) is 0 Å². The van der Waals surface area contributed by atoms with Crippen LogP contribution in [0.4, 0.5) is 10.1 Å². The molecule has 1 saturated carbocycles. The maximum atomic E-state index is 13.8. The number of hydrogen-bond donors (Lipinski definition) is 2. The molecule has 1 aliphatic carbocycles. The Balaban J connectivity index is 2.12. The van der Waals surface area contributed by atoms with Gasteiger partial charge in [-0.3, -0.25) is 5.41 Å². The summed E-state index contributed by atoms with van der Waals surface area (Å²) in [6, 6.07) is 4.71. The first-order chi connectivity index (χ1) is 7.99. The van der Waals surface area contributed by atoms with Gasteiger partial charge in [0.05, 0.1) is 5.69 Å². The lowest BCUT2D eigenvalue weighted by molar-refractivity contribution is 0.616. The molecule has 1 aromatic rings. The smallest absolute Gasteiger partial charge is 0.147 e. The summed E-state index contributed by atoms with van der Waals surface area (Å²) in [5, 5.41) is 7.26. The average molecular weight is 235 g/mol. The third-order valence-corrected chi connectivity index (χ3v) is 3.45. The first kappa shape index (κ1) is 11.9. The maximum Gasteiger partial charge on any atom is 0.147 e. The van der Waals surface area contributed by atoms with E-state index in [1.807, 2.05) is 11.9 Å². The Kier molecular flexibility index (Phi) is 3.05. The van der Waals surface area contributed by atoms with Crippen LogP contribution in [0.25, 0.3) is 0 Å². The van der Waals surface area contributed by atoms with E-state index in [1.165, 1.54) is 12.5 Å². The fourth-order valence-corrected chi connectivity index (χ4v) is 2.09. The van der Waals surface area contributed by atoms with Crippen molar-refractivity contribution in [1.82, 2.24) is 0 Å². The van der Waals surface area contributed by atoms with Crippen LogP contribution in [0.5, 0.6) is 0 Å². The van der Waals surface area contributed by atoms with E-state index in [1.54, 1.807) is 12.1 Å². The molecule has 0 heterocycles. The van der Waals surface area contributed by atoms with E-state index in [-0.39, 0.29) is 11.7 Å². The quantitative estimate of drug-likeness (QED) is 0.621. The SMILES string of the molecule is CC1CC1CN(C)c1ccc(C(=N)N)cc1F. The van der Waals surface area contributed by atoms with Gasteiger partial charge in [-0.25, -0.2) is 4.39 Å². The molecule has 2 unspecified atom stereocenters. The van der Waals surface area contributed by atoms with Gasteiger partial charge < -0.3 is 10.6 Å². The Morgan fingerprint density at radius 2 is 2.24 bits per heavy atom. The predicted molar refractivity (Wildman–Crippen MR) is 68.0 cm³/mol.